The van der Waals surface area contributed by atoms with Gasteiger partial charge in [-0.25, -0.2) is 4.79 Å². The summed E-state index contributed by atoms with van der Waals surface area (Å²) >= 11 is 0. The van der Waals surface area contributed by atoms with E-state index in [9.17, 15) is 9.59 Å². The zero-order valence-corrected chi connectivity index (χ0v) is 17.1. The van der Waals surface area contributed by atoms with Gasteiger partial charge in [-0.1, -0.05) is 24.3 Å². The third-order valence-electron chi connectivity index (χ3n) is 5.34. The summed E-state index contributed by atoms with van der Waals surface area (Å²) in [6.07, 6.45) is 0. The molecule has 30 heavy (non-hydrogen) atoms. The standard InChI is InChI=1S/C24H24N2O4/c1-16-5-3-8-19-21(25-18-7-4-6-17(15-18)24(28)29-2)10-9-20(22(16)19)23(27)26-11-13-30-14-12-26/h3-10,15,25H,11-14H2,1-2H3. The summed E-state index contributed by atoms with van der Waals surface area (Å²) < 4.78 is 10.2. The largest absolute Gasteiger partial charge is 0.465 e. The van der Waals surface area contributed by atoms with E-state index >= 15 is 0 Å². The van der Waals surface area contributed by atoms with Crippen molar-refractivity contribution in [1.29, 1.82) is 0 Å². The number of methoxy groups -OCH3 is 1. The molecular weight excluding hydrogens is 380 g/mol. The fourth-order valence-electron chi connectivity index (χ4n) is 3.81. The third-order valence-corrected chi connectivity index (χ3v) is 5.34. The predicted molar refractivity (Wildman–Crippen MR) is 116 cm³/mol. The third kappa shape index (κ3) is 3.86. The van der Waals surface area contributed by atoms with Crippen molar-refractivity contribution >= 4 is 34.0 Å². The van der Waals surface area contributed by atoms with Crippen LogP contribution in [-0.4, -0.2) is 50.2 Å². The Balaban J connectivity index is 1.73. The number of esters is 1. The molecule has 0 aliphatic carbocycles. The molecule has 1 aliphatic heterocycles. The molecule has 0 saturated carbocycles. The van der Waals surface area contributed by atoms with Crippen molar-refractivity contribution in [2.45, 2.75) is 6.92 Å². The first kappa shape index (κ1) is 19.9. The van der Waals surface area contributed by atoms with Gasteiger partial charge in [0.15, 0.2) is 0 Å². The van der Waals surface area contributed by atoms with E-state index in [1.807, 2.05) is 48.2 Å². The van der Waals surface area contributed by atoms with E-state index in [-0.39, 0.29) is 11.9 Å². The van der Waals surface area contributed by atoms with Gasteiger partial charge in [0, 0.05) is 35.4 Å². The average molecular weight is 404 g/mol. The van der Waals surface area contributed by atoms with E-state index in [1.54, 1.807) is 18.2 Å². The second-order valence-electron chi connectivity index (χ2n) is 7.26. The van der Waals surface area contributed by atoms with Crippen LogP contribution in [0.4, 0.5) is 11.4 Å². The molecule has 3 aromatic rings. The minimum absolute atomic E-state index is 0.0249. The Bertz CT molecular complexity index is 1100. The first-order chi connectivity index (χ1) is 14.6. The molecule has 1 saturated heterocycles. The van der Waals surface area contributed by atoms with Crippen LogP contribution < -0.4 is 5.32 Å². The summed E-state index contributed by atoms with van der Waals surface area (Å²) in [6.45, 7) is 4.36. The zero-order chi connectivity index (χ0) is 21.1. The van der Waals surface area contributed by atoms with Crippen LogP contribution in [-0.2, 0) is 9.47 Å². The van der Waals surface area contributed by atoms with E-state index in [1.165, 1.54) is 7.11 Å². The minimum Gasteiger partial charge on any atom is -0.465 e. The smallest absolute Gasteiger partial charge is 0.337 e. The van der Waals surface area contributed by atoms with Crippen molar-refractivity contribution in [2.24, 2.45) is 0 Å². The number of amides is 1. The molecule has 0 spiro atoms. The van der Waals surface area contributed by atoms with Gasteiger partial charge in [0.25, 0.3) is 5.91 Å². The van der Waals surface area contributed by atoms with Crippen LogP contribution in [0, 0.1) is 6.92 Å². The summed E-state index contributed by atoms with van der Waals surface area (Å²) in [6, 6.07) is 16.9. The summed E-state index contributed by atoms with van der Waals surface area (Å²) in [5.41, 5.74) is 3.85. The van der Waals surface area contributed by atoms with E-state index in [2.05, 4.69) is 5.32 Å². The van der Waals surface area contributed by atoms with Crippen molar-refractivity contribution in [2.75, 3.05) is 38.7 Å². The molecule has 0 aromatic heterocycles. The minimum atomic E-state index is -0.384. The van der Waals surface area contributed by atoms with Crippen LogP contribution in [0.5, 0.6) is 0 Å². The lowest BCUT2D eigenvalue weighted by molar-refractivity contribution is 0.0304. The molecule has 0 unspecified atom stereocenters. The Kier molecular flexibility index (Phi) is 5.68. The second kappa shape index (κ2) is 8.55. The predicted octanol–water partition coefficient (Wildman–Crippen LogP) is 4.15. The highest BCUT2D eigenvalue weighted by Gasteiger charge is 2.22. The normalized spacial score (nSPS) is 13.9. The van der Waals surface area contributed by atoms with Gasteiger partial charge in [0.05, 0.1) is 25.9 Å². The van der Waals surface area contributed by atoms with Gasteiger partial charge in [-0.15, -0.1) is 0 Å². The molecule has 4 rings (SSSR count). The fraction of sp³-hybridized carbons (Fsp3) is 0.250. The monoisotopic (exact) mass is 404 g/mol. The topological polar surface area (TPSA) is 67.9 Å². The van der Waals surface area contributed by atoms with Crippen LogP contribution in [0.1, 0.15) is 26.3 Å². The molecule has 3 aromatic carbocycles. The number of carbonyl (C=O) groups is 2. The molecule has 1 amide bonds. The number of nitrogens with zero attached hydrogens (tertiary/aromatic N) is 1. The molecule has 154 valence electrons. The average Bonchev–Trinajstić information content (AvgIpc) is 2.79. The van der Waals surface area contributed by atoms with Gasteiger partial charge in [-0.3, -0.25) is 4.79 Å². The number of ether oxygens (including phenoxy) is 2. The van der Waals surface area contributed by atoms with E-state index in [4.69, 9.17) is 9.47 Å². The number of anilines is 2. The highest BCUT2D eigenvalue weighted by molar-refractivity contribution is 6.12. The lowest BCUT2D eigenvalue weighted by atomic mass is 9.97. The van der Waals surface area contributed by atoms with Crippen molar-refractivity contribution in [3.8, 4) is 0 Å². The summed E-state index contributed by atoms with van der Waals surface area (Å²) in [4.78, 5) is 26.9. The molecule has 0 radical (unpaired) electrons. The Morgan fingerprint density at radius 3 is 2.57 bits per heavy atom. The molecular formula is C24H24N2O4. The van der Waals surface area contributed by atoms with Crippen molar-refractivity contribution in [3.05, 3.63) is 71.3 Å². The van der Waals surface area contributed by atoms with Gasteiger partial charge < -0.3 is 19.7 Å². The number of fused-ring (bicyclic) bond motifs is 1. The van der Waals surface area contributed by atoms with Crippen LogP contribution in [0.15, 0.2) is 54.6 Å². The maximum atomic E-state index is 13.2. The van der Waals surface area contributed by atoms with Crippen molar-refractivity contribution in [1.82, 2.24) is 4.90 Å². The number of aryl methyl sites for hydroxylation is 1. The SMILES string of the molecule is COC(=O)c1cccc(Nc2ccc(C(=O)N3CCOCC3)c3c(C)cccc23)c1. The fourth-order valence-corrected chi connectivity index (χ4v) is 3.81. The summed E-state index contributed by atoms with van der Waals surface area (Å²) in [5.74, 6) is -0.359. The van der Waals surface area contributed by atoms with Gasteiger partial charge in [-0.2, -0.15) is 0 Å². The van der Waals surface area contributed by atoms with Gasteiger partial charge in [0.2, 0.25) is 0 Å². The Morgan fingerprint density at radius 1 is 1.03 bits per heavy atom. The van der Waals surface area contributed by atoms with Crippen molar-refractivity contribution in [3.63, 3.8) is 0 Å². The molecule has 0 bridgehead atoms. The van der Waals surface area contributed by atoms with Crippen LogP contribution >= 0.6 is 0 Å². The Labute approximate surface area is 175 Å². The number of morpholine rings is 1. The van der Waals surface area contributed by atoms with Crippen LogP contribution in [0.3, 0.4) is 0 Å². The molecule has 6 heteroatoms. The molecule has 1 N–H and O–H groups in total. The lowest BCUT2D eigenvalue weighted by Gasteiger charge is -2.27. The Morgan fingerprint density at radius 2 is 1.80 bits per heavy atom. The van der Waals surface area contributed by atoms with Crippen molar-refractivity contribution < 1.29 is 19.1 Å². The van der Waals surface area contributed by atoms with E-state index in [0.717, 1.165) is 27.7 Å². The highest BCUT2D eigenvalue weighted by atomic mass is 16.5. The summed E-state index contributed by atoms with van der Waals surface area (Å²) in [7, 11) is 1.36. The van der Waals surface area contributed by atoms with Gasteiger partial charge in [-0.05, 0) is 48.2 Å². The van der Waals surface area contributed by atoms with Gasteiger partial charge >= 0.3 is 5.97 Å². The highest BCUT2D eigenvalue weighted by Crippen LogP contribution is 2.32. The van der Waals surface area contributed by atoms with E-state index in [0.29, 0.717) is 37.4 Å². The lowest BCUT2D eigenvalue weighted by Crippen LogP contribution is -2.40. The number of carbonyl (C=O) groups excluding carboxylic acids is 2. The van der Waals surface area contributed by atoms with Crippen LogP contribution in [0.25, 0.3) is 10.8 Å². The number of rotatable bonds is 4. The van der Waals surface area contributed by atoms with E-state index < -0.39 is 0 Å². The Hall–Kier alpha value is -3.38. The maximum Gasteiger partial charge on any atom is 0.337 e. The number of benzene rings is 3. The number of hydrogen-bond acceptors (Lipinski definition) is 5. The molecule has 1 heterocycles. The molecule has 6 nitrogen and oxygen atoms in total. The maximum absolute atomic E-state index is 13.2. The summed E-state index contributed by atoms with van der Waals surface area (Å²) in [5, 5.41) is 5.28. The molecule has 1 aliphatic rings. The number of hydrogen-bond donors (Lipinski definition) is 1. The van der Waals surface area contributed by atoms with Gasteiger partial charge in [0.1, 0.15) is 0 Å². The molecule has 1 fully saturated rings. The first-order valence-electron chi connectivity index (χ1n) is 9.93. The molecule has 0 atom stereocenters. The second-order valence-corrected chi connectivity index (χ2v) is 7.26. The van der Waals surface area contributed by atoms with Crippen LogP contribution in [0.2, 0.25) is 0 Å². The quantitative estimate of drug-likeness (QED) is 0.662. The zero-order valence-electron chi connectivity index (χ0n) is 17.1. The number of nitrogens with one attached hydrogen (secondary N) is 1. The first-order valence-corrected chi connectivity index (χ1v) is 9.93.